The molecule has 1 amide bonds. The molecule has 0 aliphatic heterocycles. The van der Waals surface area contributed by atoms with Gasteiger partial charge in [0.25, 0.3) is 0 Å². The number of amides is 1. The van der Waals surface area contributed by atoms with Gasteiger partial charge in [0.1, 0.15) is 0 Å². The maximum absolute atomic E-state index is 13.0. The van der Waals surface area contributed by atoms with Gasteiger partial charge in [-0.15, -0.1) is 10.2 Å². The molecule has 1 fully saturated rings. The van der Waals surface area contributed by atoms with Crippen molar-refractivity contribution in [3.63, 3.8) is 0 Å². The molecule has 1 saturated carbocycles. The fraction of sp³-hybridized carbons (Fsp3) is 0.609. The van der Waals surface area contributed by atoms with E-state index in [1.807, 2.05) is 27.7 Å². The van der Waals surface area contributed by atoms with Gasteiger partial charge in [-0.1, -0.05) is 37.1 Å². The van der Waals surface area contributed by atoms with Crippen LogP contribution in [0.25, 0.3) is 0 Å². The average Bonchev–Trinajstić information content (AvgIpc) is 3.13. The van der Waals surface area contributed by atoms with Crippen LogP contribution in [0.4, 0.5) is 18.9 Å². The molecule has 6 nitrogen and oxygen atoms in total. The summed E-state index contributed by atoms with van der Waals surface area (Å²) in [6, 6.07) is 5.34. The second kappa shape index (κ2) is 10.4. The zero-order valence-corrected chi connectivity index (χ0v) is 20.3. The highest BCUT2D eigenvalue weighted by atomic mass is 32.2. The number of carbonyl (C=O) groups excluding carboxylic acids is 1. The Labute approximate surface area is 197 Å². The molecule has 1 atom stereocenters. The normalized spacial score (nSPS) is 16.5. The van der Waals surface area contributed by atoms with Crippen molar-refractivity contribution in [1.82, 2.24) is 20.1 Å². The largest absolute Gasteiger partial charge is 0.416 e. The number of thioether (sulfide) groups is 1. The van der Waals surface area contributed by atoms with Crippen LogP contribution in [0.5, 0.6) is 0 Å². The maximum Gasteiger partial charge on any atom is 0.416 e. The van der Waals surface area contributed by atoms with Crippen LogP contribution in [0.3, 0.4) is 0 Å². The zero-order valence-electron chi connectivity index (χ0n) is 19.5. The molecule has 182 valence electrons. The molecule has 33 heavy (non-hydrogen) atoms. The molecule has 0 spiro atoms. The molecular formula is C23H32F3N5OS. The predicted molar refractivity (Wildman–Crippen MR) is 124 cm³/mol. The lowest BCUT2D eigenvalue weighted by molar-refractivity contribution is -0.137. The van der Waals surface area contributed by atoms with Gasteiger partial charge in [-0.3, -0.25) is 4.79 Å². The monoisotopic (exact) mass is 483 g/mol. The number of nitrogens with one attached hydrogen (secondary N) is 2. The van der Waals surface area contributed by atoms with Gasteiger partial charge in [0, 0.05) is 17.3 Å². The van der Waals surface area contributed by atoms with Crippen LogP contribution in [0.2, 0.25) is 0 Å². The van der Waals surface area contributed by atoms with Crippen molar-refractivity contribution in [2.45, 2.75) is 94.5 Å². The first-order valence-electron chi connectivity index (χ1n) is 11.3. The average molecular weight is 484 g/mol. The smallest absolute Gasteiger partial charge is 0.378 e. The number of halogens is 3. The van der Waals surface area contributed by atoms with Gasteiger partial charge in [0.05, 0.1) is 17.4 Å². The fourth-order valence-electron chi connectivity index (χ4n) is 3.88. The summed E-state index contributed by atoms with van der Waals surface area (Å²) in [7, 11) is 0. The second-order valence-electron chi connectivity index (χ2n) is 9.49. The molecule has 1 aromatic carbocycles. The standard InChI is InChI=1S/C23H32F3N5OS/c1-15(20(32)28-22(2,3)4)33-21-30-29-19(31(21)18-11-6-5-7-12-18)14-27-17-10-8-9-16(13-17)23(24,25)26/h8-10,13,15,18,27H,5-7,11-12,14H2,1-4H3,(H,28,32). The van der Waals surface area contributed by atoms with E-state index in [2.05, 4.69) is 25.4 Å². The third-order valence-electron chi connectivity index (χ3n) is 5.47. The van der Waals surface area contributed by atoms with Gasteiger partial charge < -0.3 is 15.2 Å². The minimum Gasteiger partial charge on any atom is -0.378 e. The SMILES string of the molecule is CC(Sc1nnc(CNc2cccc(C(F)(F)F)c2)n1C1CCCCC1)C(=O)NC(C)(C)C. The summed E-state index contributed by atoms with van der Waals surface area (Å²) in [5, 5.41) is 15.0. The second-order valence-corrected chi connectivity index (χ2v) is 10.8. The lowest BCUT2D eigenvalue weighted by atomic mass is 9.95. The first-order chi connectivity index (χ1) is 15.4. The van der Waals surface area contributed by atoms with Crippen molar-refractivity contribution in [2.24, 2.45) is 0 Å². The van der Waals surface area contributed by atoms with Crippen LogP contribution in [0.15, 0.2) is 29.4 Å². The molecule has 2 N–H and O–H groups in total. The van der Waals surface area contributed by atoms with Crippen molar-refractivity contribution >= 4 is 23.4 Å². The highest BCUT2D eigenvalue weighted by molar-refractivity contribution is 8.00. The molecule has 1 aromatic heterocycles. The Bertz CT molecular complexity index is 948. The number of carbonyl (C=O) groups is 1. The highest BCUT2D eigenvalue weighted by Crippen LogP contribution is 2.35. The third kappa shape index (κ3) is 7.12. The number of anilines is 1. The van der Waals surface area contributed by atoms with Crippen LogP contribution in [0.1, 0.15) is 77.2 Å². The Morgan fingerprint density at radius 2 is 1.88 bits per heavy atom. The Balaban J connectivity index is 1.79. The maximum atomic E-state index is 13.0. The summed E-state index contributed by atoms with van der Waals surface area (Å²) in [4.78, 5) is 12.6. The van der Waals surface area contributed by atoms with E-state index < -0.39 is 11.7 Å². The number of alkyl halides is 3. The van der Waals surface area contributed by atoms with Crippen LogP contribution in [-0.4, -0.2) is 31.5 Å². The fourth-order valence-corrected chi connectivity index (χ4v) is 4.82. The minimum atomic E-state index is -4.40. The van der Waals surface area contributed by atoms with Crippen molar-refractivity contribution in [2.75, 3.05) is 5.32 Å². The van der Waals surface area contributed by atoms with E-state index in [0.717, 1.165) is 37.8 Å². The van der Waals surface area contributed by atoms with Crippen molar-refractivity contribution < 1.29 is 18.0 Å². The topological polar surface area (TPSA) is 71.8 Å². The number of aromatic nitrogens is 3. The van der Waals surface area contributed by atoms with Crippen molar-refractivity contribution in [1.29, 1.82) is 0 Å². The molecule has 10 heteroatoms. The Kier molecular flexibility index (Phi) is 7.97. The molecular weight excluding hydrogens is 451 g/mol. The lowest BCUT2D eigenvalue weighted by Crippen LogP contribution is -2.44. The van der Waals surface area contributed by atoms with Gasteiger partial charge in [0.15, 0.2) is 11.0 Å². The van der Waals surface area contributed by atoms with Crippen LogP contribution in [-0.2, 0) is 17.5 Å². The highest BCUT2D eigenvalue weighted by Gasteiger charge is 2.31. The van der Waals surface area contributed by atoms with E-state index in [9.17, 15) is 18.0 Å². The lowest BCUT2D eigenvalue weighted by Gasteiger charge is -2.27. The van der Waals surface area contributed by atoms with Crippen LogP contribution >= 0.6 is 11.8 Å². The number of hydrogen-bond donors (Lipinski definition) is 2. The Morgan fingerprint density at radius 1 is 1.18 bits per heavy atom. The molecule has 2 aromatic rings. The number of nitrogens with zero attached hydrogens (tertiary/aromatic N) is 3. The Morgan fingerprint density at radius 3 is 2.52 bits per heavy atom. The van der Waals surface area contributed by atoms with Crippen LogP contribution in [0, 0.1) is 0 Å². The summed E-state index contributed by atoms with van der Waals surface area (Å²) < 4.78 is 41.2. The molecule has 1 aliphatic carbocycles. The summed E-state index contributed by atoms with van der Waals surface area (Å²) in [6.07, 6.45) is 0.979. The molecule has 0 radical (unpaired) electrons. The molecule has 1 unspecified atom stereocenters. The van der Waals surface area contributed by atoms with E-state index >= 15 is 0 Å². The summed E-state index contributed by atoms with van der Waals surface area (Å²) in [6.45, 7) is 7.89. The predicted octanol–water partition coefficient (Wildman–Crippen LogP) is 5.81. The summed E-state index contributed by atoms with van der Waals surface area (Å²) in [5.41, 5.74) is -0.658. The van der Waals surface area contributed by atoms with Gasteiger partial charge in [-0.05, 0) is 58.7 Å². The third-order valence-corrected chi connectivity index (χ3v) is 6.52. The molecule has 1 heterocycles. The van der Waals surface area contributed by atoms with E-state index in [1.165, 1.54) is 24.2 Å². The van der Waals surface area contributed by atoms with Crippen molar-refractivity contribution in [3.8, 4) is 0 Å². The number of hydrogen-bond acceptors (Lipinski definition) is 5. The van der Waals surface area contributed by atoms with E-state index in [-0.39, 0.29) is 29.3 Å². The number of rotatable bonds is 7. The molecule has 3 rings (SSSR count). The van der Waals surface area contributed by atoms with Gasteiger partial charge >= 0.3 is 6.18 Å². The quantitative estimate of drug-likeness (QED) is 0.487. The first-order valence-corrected chi connectivity index (χ1v) is 12.2. The molecule has 0 saturated heterocycles. The van der Waals surface area contributed by atoms with Crippen LogP contribution < -0.4 is 10.6 Å². The number of benzene rings is 1. The van der Waals surface area contributed by atoms with E-state index in [4.69, 9.17) is 0 Å². The minimum absolute atomic E-state index is 0.0747. The Hall–Kier alpha value is -2.23. The molecule has 1 aliphatic rings. The summed E-state index contributed by atoms with van der Waals surface area (Å²) in [5.74, 6) is 0.583. The van der Waals surface area contributed by atoms with E-state index in [1.54, 1.807) is 6.07 Å². The zero-order chi connectivity index (χ0) is 24.2. The summed E-state index contributed by atoms with van der Waals surface area (Å²) >= 11 is 1.36. The first kappa shape index (κ1) is 25.4. The van der Waals surface area contributed by atoms with E-state index in [0.29, 0.717) is 16.7 Å². The van der Waals surface area contributed by atoms with Gasteiger partial charge in [-0.2, -0.15) is 13.2 Å². The van der Waals surface area contributed by atoms with Gasteiger partial charge in [-0.25, -0.2) is 0 Å². The molecule has 0 bridgehead atoms. The van der Waals surface area contributed by atoms with Gasteiger partial charge in [0.2, 0.25) is 5.91 Å². The van der Waals surface area contributed by atoms with Crippen molar-refractivity contribution in [3.05, 3.63) is 35.7 Å².